The molecule has 0 aliphatic carbocycles. The molecular formula is C12H19BrN2. The first-order valence-corrected chi connectivity index (χ1v) is 6.19. The van der Waals surface area contributed by atoms with Gasteiger partial charge >= 0.3 is 0 Å². The highest BCUT2D eigenvalue weighted by Gasteiger charge is 2.08. The fraction of sp³-hybridized carbons (Fsp3) is 0.500. The van der Waals surface area contributed by atoms with Crippen LogP contribution in [0.25, 0.3) is 0 Å². The van der Waals surface area contributed by atoms with Gasteiger partial charge in [0.2, 0.25) is 0 Å². The van der Waals surface area contributed by atoms with Crippen molar-refractivity contribution in [1.82, 2.24) is 0 Å². The first-order chi connectivity index (χ1) is 7.10. The average Bonchev–Trinajstić information content (AvgIpc) is 2.19. The third-order valence-corrected chi connectivity index (χ3v) is 3.29. The molecule has 15 heavy (non-hydrogen) atoms. The van der Waals surface area contributed by atoms with Crippen LogP contribution in [0.15, 0.2) is 22.7 Å². The average molecular weight is 271 g/mol. The van der Waals surface area contributed by atoms with Gasteiger partial charge in [-0.3, -0.25) is 0 Å². The van der Waals surface area contributed by atoms with Crippen molar-refractivity contribution in [3.8, 4) is 0 Å². The molecule has 1 aromatic rings. The molecule has 0 unspecified atom stereocenters. The Morgan fingerprint density at radius 3 is 2.33 bits per heavy atom. The Kier molecular flexibility index (Phi) is 4.61. The molecule has 0 fully saturated rings. The summed E-state index contributed by atoms with van der Waals surface area (Å²) >= 11 is 3.57. The van der Waals surface area contributed by atoms with Gasteiger partial charge in [0.1, 0.15) is 0 Å². The van der Waals surface area contributed by atoms with Crippen molar-refractivity contribution in [2.75, 3.05) is 18.0 Å². The molecule has 2 N–H and O–H groups in total. The number of halogens is 1. The van der Waals surface area contributed by atoms with Crippen LogP contribution < -0.4 is 10.6 Å². The highest BCUT2D eigenvalue weighted by Crippen LogP contribution is 2.27. The van der Waals surface area contributed by atoms with E-state index >= 15 is 0 Å². The van der Waals surface area contributed by atoms with Crippen LogP contribution in [-0.2, 0) is 0 Å². The van der Waals surface area contributed by atoms with Crippen LogP contribution in [0.2, 0.25) is 0 Å². The zero-order valence-electron chi connectivity index (χ0n) is 9.63. The van der Waals surface area contributed by atoms with E-state index in [1.54, 1.807) is 0 Å². The van der Waals surface area contributed by atoms with Gasteiger partial charge in [0, 0.05) is 29.3 Å². The summed E-state index contributed by atoms with van der Waals surface area (Å²) in [5.74, 6) is 0. The summed E-state index contributed by atoms with van der Waals surface area (Å²) in [5.41, 5.74) is 8.27. The third kappa shape index (κ3) is 2.95. The van der Waals surface area contributed by atoms with Crippen LogP contribution in [-0.4, -0.2) is 13.1 Å². The second-order valence-electron chi connectivity index (χ2n) is 3.67. The summed E-state index contributed by atoms with van der Waals surface area (Å²) in [7, 11) is 0. The summed E-state index contributed by atoms with van der Waals surface area (Å²) in [6.07, 6.45) is 0. The normalized spacial score (nSPS) is 12.6. The van der Waals surface area contributed by atoms with Crippen molar-refractivity contribution >= 4 is 21.6 Å². The number of hydrogen-bond donors (Lipinski definition) is 1. The van der Waals surface area contributed by atoms with Crippen LogP contribution in [0.5, 0.6) is 0 Å². The largest absolute Gasteiger partial charge is 0.372 e. The SMILES string of the molecule is CCN(CC)c1ccc([C@H](C)N)c(Br)c1. The van der Waals surface area contributed by atoms with Gasteiger partial charge in [-0.05, 0) is 38.5 Å². The molecule has 0 spiro atoms. The number of anilines is 1. The molecule has 0 aliphatic heterocycles. The van der Waals surface area contributed by atoms with Crippen LogP contribution >= 0.6 is 15.9 Å². The van der Waals surface area contributed by atoms with Crippen LogP contribution in [0.1, 0.15) is 32.4 Å². The lowest BCUT2D eigenvalue weighted by Crippen LogP contribution is -2.21. The Balaban J connectivity index is 3.00. The van der Waals surface area contributed by atoms with Crippen molar-refractivity contribution in [2.45, 2.75) is 26.8 Å². The molecule has 0 aliphatic rings. The number of nitrogens with two attached hydrogens (primary N) is 1. The summed E-state index contributed by atoms with van der Waals surface area (Å²) in [4.78, 5) is 2.32. The summed E-state index contributed by atoms with van der Waals surface area (Å²) < 4.78 is 1.10. The molecule has 2 nitrogen and oxygen atoms in total. The lowest BCUT2D eigenvalue weighted by Gasteiger charge is -2.22. The highest BCUT2D eigenvalue weighted by molar-refractivity contribution is 9.10. The van der Waals surface area contributed by atoms with Gasteiger partial charge in [0.05, 0.1) is 0 Å². The molecule has 0 amide bonds. The van der Waals surface area contributed by atoms with Crippen LogP contribution in [0, 0.1) is 0 Å². The molecule has 0 bridgehead atoms. The first-order valence-electron chi connectivity index (χ1n) is 5.40. The quantitative estimate of drug-likeness (QED) is 0.910. The lowest BCUT2D eigenvalue weighted by molar-refractivity contribution is 0.810. The van der Waals surface area contributed by atoms with E-state index < -0.39 is 0 Å². The topological polar surface area (TPSA) is 29.3 Å². The van der Waals surface area contributed by atoms with Gasteiger partial charge in [-0.15, -0.1) is 0 Å². The molecule has 1 aromatic carbocycles. The molecule has 0 radical (unpaired) electrons. The Morgan fingerprint density at radius 1 is 1.33 bits per heavy atom. The Hall–Kier alpha value is -0.540. The fourth-order valence-corrected chi connectivity index (χ4v) is 2.40. The van der Waals surface area contributed by atoms with Crippen molar-refractivity contribution in [1.29, 1.82) is 0 Å². The molecule has 1 atom stereocenters. The molecule has 3 heteroatoms. The van der Waals surface area contributed by atoms with Crippen molar-refractivity contribution in [2.24, 2.45) is 5.73 Å². The maximum Gasteiger partial charge on any atom is 0.0377 e. The molecular weight excluding hydrogens is 252 g/mol. The maximum atomic E-state index is 5.86. The third-order valence-electron chi connectivity index (χ3n) is 2.60. The Bertz CT molecular complexity index is 319. The zero-order valence-corrected chi connectivity index (χ0v) is 11.2. The second kappa shape index (κ2) is 5.52. The predicted molar refractivity (Wildman–Crippen MR) is 70.3 cm³/mol. The molecule has 84 valence electrons. The number of benzene rings is 1. The minimum absolute atomic E-state index is 0.0742. The maximum absolute atomic E-state index is 5.86. The van der Waals surface area contributed by atoms with E-state index in [1.807, 2.05) is 6.92 Å². The summed E-state index contributed by atoms with van der Waals surface area (Å²) in [6.45, 7) is 8.38. The van der Waals surface area contributed by atoms with Gasteiger partial charge in [-0.2, -0.15) is 0 Å². The summed E-state index contributed by atoms with van der Waals surface area (Å²) in [5, 5.41) is 0. The van der Waals surface area contributed by atoms with E-state index in [9.17, 15) is 0 Å². The standard InChI is InChI=1S/C12H19BrN2/c1-4-15(5-2)10-6-7-11(9(3)14)12(13)8-10/h6-9H,4-5,14H2,1-3H3/t9-/m0/s1. The van der Waals surface area contributed by atoms with Crippen molar-refractivity contribution < 1.29 is 0 Å². The van der Waals surface area contributed by atoms with Crippen molar-refractivity contribution in [3.05, 3.63) is 28.2 Å². The van der Waals surface area contributed by atoms with Gasteiger partial charge in [0.25, 0.3) is 0 Å². The molecule has 0 heterocycles. The van der Waals surface area contributed by atoms with Crippen molar-refractivity contribution in [3.63, 3.8) is 0 Å². The minimum atomic E-state index is 0.0742. The van der Waals surface area contributed by atoms with E-state index in [-0.39, 0.29) is 6.04 Å². The lowest BCUT2D eigenvalue weighted by atomic mass is 10.1. The van der Waals surface area contributed by atoms with Gasteiger partial charge in [-0.25, -0.2) is 0 Å². The van der Waals surface area contributed by atoms with Gasteiger partial charge in [-0.1, -0.05) is 22.0 Å². The van der Waals surface area contributed by atoms with Gasteiger partial charge < -0.3 is 10.6 Å². The van der Waals surface area contributed by atoms with E-state index in [2.05, 4.69) is 52.9 Å². The van der Waals surface area contributed by atoms with E-state index in [4.69, 9.17) is 5.73 Å². The summed E-state index contributed by atoms with van der Waals surface area (Å²) in [6, 6.07) is 6.45. The Morgan fingerprint density at radius 2 is 1.93 bits per heavy atom. The van der Waals surface area contributed by atoms with E-state index in [0.717, 1.165) is 23.1 Å². The van der Waals surface area contributed by atoms with E-state index in [1.165, 1.54) is 5.69 Å². The number of rotatable bonds is 4. The Labute approximate surface area is 101 Å². The molecule has 1 rings (SSSR count). The number of nitrogens with zero attached hydrogens (tertiary/aromatic N) is 1. The minimum Gasteiger partial charge on any atom is -0.372 e. The molecule has 0 aromatic heterocycles. The zero-order chi connectivity index (χ0) is 11.4. The smallest absolute Gasteiger partial charge is 0.0377 e. The monoisotopic (exact) mass is 270 g/mol. The first kappa shape index (κ1) is 12.5. The predicted octanol–water partition coefficient (Wildman–Crippen LogP) is 3.32. The molecule has 0 saturated heterocycles. The second-order valence-corrected chi connectivity index (χ2v) is 4.52. The van der Waals surface area contributed by atoms with Crippen LogP contribution in [0.3, 0.4) is 0 Å². The molecule has 0 saturated carbocycles. The fourth-order valence-electron chi connectivity index (χ4n) is 1.67. The van der Waals surface area contributed by atoms with Gasteiger partial charge in [0.15, 0.2) is 0 Å². The highest BCUT2D eigenvalue weighted by atomic mass is 79.9. The van der Waals surface area contributed by atoms with Crippen LogP contribution in [0.4, 0.5) is 5.69 Å². The van der Waals surface area contributed by atoms with E-state index in [0.29, 0.717) is 0 Å². The number of hydrogen-bond acceptors (Lipinski definition) is 2.